The average Bonchev–Trinajstić information content (AvgIpc) is 2.67. The lowest BCUT2D eigenvalue weighted by molar-refractivity contribution is -0.133. The van der Waals surface area contributed by atoms with Crippen molar-refractivity contribution in [3.05, 3.63) is 53.1 Å². The monoisotopic (exact) mass is 390 g/mol. The van der Waals surface area contributed by atoms with Crippen LogP contribution in [0.5, 0.6) is 11.5 Å². The van der Waals surface area contributed by atoms with Gasteiger partial charge >= 0.3 is 0 Å². The Morgan fingerprint density at radius 3 is 2.37 bits per heavy atom. The van der Waals surface area contributed by atoms with Gasteiger partial charge in [0.25, 0.3) is 0 Å². The maximum absolute atomic E-state index is 12.7. The van der Waals surface area contributed by atoms with Gasteiger partial charge in [0.05, 0.1) is 24.9 Å². The summed E-state index contributed by atoms with van der Waals surface area (Å²) in [4.78, 5) is 14.6. The fourth-order valence-corrected chi connectivity index (χ4v) is 3.02. The molecular formula is C21H27ClN2O3. The van der Waals surface area contributed by atoms with E-state index in [1.807, 2.05) is 49.1 Å². The second-order valence-corrected chi connectivity index (χ2v) is 6.87. The Hall–Kier alpha value is -2.40. The molecule has 0 aromatic heterocycles. The Labute approximate surface area is 166 Å². The minimum Gasteiger partial charge on any atom is -0.495 e. The predicted molar refractivity (Wildman–Crippen MR) is 110 cm³/mol. The highest BCUT2D eigenvalue weighted by molar-refractivity contribution is 6.32. The van der Waals surface area contributed by atoms with E-state index in [1.54, 1.807) is 26.4 Å². The molecule has 6 heteroatoms. The van der Waals surface area contributed by atoms with Crippen LogP contribution >= 0.6 is 11.6 Å². The van der Waals surface area contributed by atoms with Crippen molar-refractivity contribution in [2.24, 2.45) is 0 Å². The summed E-state index contributed by atoms with van der Waals surface area (Å²) in [6.45, 7) is 5.15. The van der Waals surface area contributed by atoms with Crippen molar-refractivity contribution >= 4 is 23.2 Å². The Morgan fingerprint density at radius 1 is 1.11 bits per heavy atom. The first-order valence-electron chi connectivity index (χ1n) is 8.95. The minimum absolute atomic E-state index is 0.0984. The second-order valence-electron chi connectivity index (χ2n) is 6.46. The number of carbonyl (C=O) groups excluding carboxylic acids is 1. The quantitative estimate of drug-likeness (QED) is 0.680. The molecule has 0 saturated heterocycles. The van der Waals surface area contributed by atoms with Gasteiger partial charge in [-0.05, 0) is 19.4 Å². The molecular weight excluding hydrogens is 364 g/mol. The van der Waals surface area contributed by atoms with Crippen molar-refractivity contribution in [1.29, 1.82) is 0 Å². The van der Waals surface area contributed by atoms with Gasteiger partial charge in [0.2, 0.25) is 5.91 Å². The average molecular weight is 391 g/mol. The summed E-state index contributed by atoms with van der Waals surface area (Å²) >= 11 is 6.12. The number of hydrogen-bond acceptors (Lipinski definition) is 4. The van der Waals surface area contributed by atoms with Crippen molar-refractivity contribution in [2.45, 2.75) is 32.9 Å². The molecule has 146 valence electrons. The third-order valence-corrected chi connectivity index (χ3v) is 4.56. The van der Waals surface area contributed by atoms with Crippen LogP contribution in [0.3, 0.4) is 0 Å². The molecule has 0 aliphatic carbocycles. The normalized spacial score (nSPS) is 10.6. The number of amides is 1. The van der Waals surface area contributed by atoms with Gasteiger partial charge in [0.15, 0.2) is 0 Å². The number of hydrogen-bond donors (Lipinski definition) is 1. The van der Waals surface area contributed by atoms with Crippen LogP contribution in [-0.2, 0) is 11.3 Å². The minimum atomic E-state index is 0.0984. The number of benzene rings is 2. The SMILES string of the molecule is COc1cc(NCCC(=O)N(Cc2ccccc2)C(C)C)c(OC)cc1Cl. The van der Waals surface area contributed by atoms with Crippen molar-refractivity contribution in [2.75, 3.05) is 26.1 Å². The van der Waals surface area contributed by atoms with Crippen LogP contribution < -0.4 is 14.8 Å². The van der Waals surface area contributed by atoms with Crippen molar-refractivity contribution in [1.82, 2.24) is 4.90 Å². The Bertz CT molecular complexity index is 751. The highest BCUT2D eigenvalue weighted by atomic mass is 35.5. The van der Waals surface area contributed by atoms with Crippen molar-refractivity contribution < 1.29 is 14.3 Å². The molecule has 0 radical (unpaired) electrons. The van der Waals surface area contributed by atoms with Crippen LogP contribution in [-0.4, -0.2) is 37.6 Å². The molecule has 27 heavy (non-hydrogen) atoms. The largest absolute Gasteiger partial charge is 0.495 e. The number of carbonyl (C=O) groups is 1. The van der Waals surface area contributed by atoms with E-state index >= 15 is 0 Å². The number of ether oxygens (including phenoxy) is 2. The lowest BCUT2D eigenvalue weighted by Gasteiger charge is -2.27. The maximum atomic E-state index is 12.7. The number of nitrogens with one attached hydrogen (secondary N) is 1. The summed E-state index contributed by atoms with van der Waals surface area (Å²) in [5.41, 5.74) is 1.86. The zero-order chi connectivity index (χ0) is 19.8. The molecule has 2 rings (SSSR count). The highest BCUT2D eigenvalue weighted by Crippen LogP contribution is 2.35. The van der Waals surface area contributed by atoms with Crippen LogP contribution in [0, 0.1) is 0 Å². The first-order valence-corrected chi connectivity index (χ1v) is 9.32. The van der Waals surface area contributed by atoms with Gasteiger partial charge in [0, 0.05) is 37.7 Å². The summed E-state index contributed by atoms with van der Waals surface area (Å²) in [7, 11) is 3.14. The summed E-state index contributed by atoms with van der Waals surface area (Å²) in [6, 6.07) is 13.6. The smallest absolute Gasteiger partial charge is 0.224 e. The molecule has 2 aromatic rings. The predicted octanol–water partition coefficient (Wildman–Crippen LogP) is 4.60. The van der Waals surface area contributed by atoms with Crippen LogP contribution in [0.2, 0.25) is 5.02 Å². The van der Waals surface area contributed by atoms with Crippen LogP contribution in [0.1, 0.15) is 25.8 Å². The van der Waals surface area contributed by atoms with E-state index in [1.165, 1.54) is 0 Å². The van der Waals surface area contributed by atoms with E-state index in [9.17, 15) is 4.79 Å². The van der Waals surface area contributed by atoms with E-state index < -0.39 is 0 Å². The molecule has 0 aliphatic rings. The maximum Gasteiger partial charge on any atom is 0.224 e. The molecule has 5 nitrogen and oxygen atoms in total. The number of anilines is 1. The highest BCUT2D eigenvalue weighted by Gasteiger charge is 2.17. The molecule has 0 unspecified atom stereocenters. The van der Waals surface area contributed by atoms with Gasteiger partial charge in [-0.1, -0.05) is 41.9 Å². The lowest BCUT2D eigenvalue weighted by atomic mass is 10.1. The van der Waals surface area contributed by atoms with Gasteiger partial charge < -0.3 is 19.7 Å². The van der Waals surface area contributed by atoms with Gasteiger partial charge in [-0.25, -0.2) is 0 Å². The number of rotatable bonds is 9. The summed E-state index contributed by atoms with van der Waals surface area (Å²) in [5, 5.41) is 3.72. The molecule has 0 aliphatic heterocycles. The Morgan fingerprint density at radius 2 is 1.78 bits per heavy atom. The molecule has 0 bridgehead atoms. The Kier molecular flexibility index (Phi) is 7.80. The fourth-order valence-electron chi connectivity index (χ4n) is 2.79. The molecule has 1 N–H and O–H groups in total. The summed E-state index contributed by atoms with van der Waals surface area (Å²) in [5.74, 6) is 1.26. The molecule has 1 amide bonds. The van der Waals surface area contributed by atoms with Gasteiger partial charge in [-0.15, -0.1) is 0 Å². The van der Waals surface area contributed by atoms with Gasteiger partial charge in [-0.3, -0.25) is 4.79 Å². The van der Waals surface area contributed by atoms with Crippen molar-refractivity contribution in [3.63, 3.8) is 0 Å². The molecule has 2 aromatic carbocycles. The first-order chi connectivity index (χ1) is 13.0. The van der Waals surface area contributed by atoms with Gasteiger partial charge in [-0.2, -0.15) is 0 Å². The summed E-state index contributed by atoms with van der Waals surface area (Å²) in [6.07, 6.45) is 0.374. The van der Waals surface area contributed by atoms with E-state index in [4.69, 9.17) is 21.1 Å². The second kappa shape index (κ2) is 10.1. The number of methoxy groups -OCH3 is 2. The van der Waals surface area contributed by atoms with Crippen LogP contribution in [0.15, 0.2) is 42.5 Å². The van der Waals surface area contributed by atoms with E-state index in [-0.39, 0.29) is 11.9 Å². The standard InChI is InChI=1S/C21H27ClN2O3/c1-15(2)24(14-16-8-6-5-7-9-16)21(25)10-11-23-18-13-19(26-3)17(22)12-20(18)27-4/h5-9,12-13,15,23H,10-11,14H2,1-4H3. The molecule has 0 spiro atoms. The zero-order valence-electron chi connectivity index (χ0n) is 16.3. The molecule has 0 saturated carbocycles. The Balaban J connectivity index is 1.99. The molecule has 0 heterocycles. The number of halogens is 1. The first kappa shape index (κ1) is 20.9. The molecule has 0 fully saturated rings. The third kappa shape index (κ3) is 5.79. The summed E-state index contributed by atoms with van der Waals surface area (Å²) < 4.78 is 10.6. The number of nitrogens with zero attached hydrogens (tertiary/aromatic N) is 1. The van der Waals surface area contributed by atoms with E-state index in [0.717, 1.165) is 11.3 Å². The zero-order valence-corrected chi connectivity index (χ0v) is 17.0. The fraction of sp³-hybridized carbons (Fsp3) is 0.381. The third-order valence-electron chi connectivity index (χ3n) is 4.27. The van der Waals surface area contributed by atoms with Crippen molar-refractivity contribution in [3.8, 4) is 11.5 Å². The lowest BCUT2D eigenvalue weighted by Crippen LogP contribution is -2.37. The van der Waals surface area contributed by atoms with E-state index in [2.05, 4.69) is 5.32 Å². The van der Waals surface area contributed by atoms with Gasteiger partial charge in [0.1, 0.15) is 11.5 Å². The topological polar surface area (TPSA) is 50.8 Å². The van der Waals surface area contributed by atoms with Crippen LogP contribution in [0.25, 0.3) is 0 Å². The molecule has 0 atom stereocenters. The van der Waals surface area contributed by atoms with Crippen LogP contribution in [0.4, 0.5) is 5.69 Å². The van der Waals surface area contributed by atoms with E-state index in [0.29, 0.717) is 36.0 Å².